The van der Waals surface area contributed by atoms with Crippen molar-refractivity contribution >= 4 is 21.6 Å². The second kappa shape index (κ2) is 5.02. The van der Waals surface area contributed by atoms with E-state index in [1.165, 1.54) is 0 Å². The summed E-state index contributed by atoms with van der Waals surface area (Å²) in [5.74, 6) is 1.20. The molecular formula is C10H20ClNO2S. The molecule has 5 heteroatoms. The van der Waals surface area contributed by atoms with Crippen LogP contribution in [0.25, 0.3) is 0 Å². The molecule has 0 amide bonds. The fraction of sp³-hybridized carbons (Fsp3) is 1.00. The molecule has 1 saturated carbocycles. The van der Waals surface area contributed by atoms with E-state index in [-0.39, 0.29) is 11.2 Å². The molecule has 0 radical (unpaired) electrons. The van der Waals surface area contributed by atoms with Crippen molar-refractivity contribution in [2.75, 3.05) is 18.2 Å². The summed E-state index contributed by atoms with van der Waals surface area (Å²) < 4.78 is 25.8. The lowest BCUT2D eigenvalue weighted by molar-refractivity contribution is 0.527. The van der Waals surface area contributed by atoms with Crippen LogP contribution in [0.2, 0.25) is 0 Å². The molecule has 0 atom stereocenters. The highest BCUT2D eigenvalue weighted by atomic mass is 35.5. The van der Waals surface area contributed by atoms with Crippen molar-refractivity contribution < 1.29 is 8.42 Å². The highest BCUT2D eigenvalue weighted by Crippen LogP contribution is 2.45. The number of nitrogens with one attached hydrogen (secondary N) is 1. The normalized spacial score (nSPS) is 19.5. The maximum Gasteiger partial charge on any atom is 0.211 e. The number of hydrogen-bond acceptors (Lipinski definition) is 2. The number of rotatable bonds is 7. The third kappa shape index (κ3) is 4.70. The monoisotopic (exact) mass is 253 g/mol. The molecule has 1 aliphatic rings. The molecule has 0 aromatic carbocycles. The summed E-state index contributed by atoms with van der Waals surface area (Å²) in [6.45, 7) is 4.56. The first-order valence-corrected chi connectivity index (χ1v) is 7.61. The first-order chi connectivity index (χ1) is 6.89. The maximum atomic E-state index is 11.6. The molecule has 0 aromatic heterocycles. The lowest BCUT2D eigenvalue weighted by Crippen LogP contribution is -2.33. The standard InChI is InChI=1S/C10H20ClNO2S/c1-9(2)3-6-15(13,14)12-8-10(7-11)4-5-10/h9,12H,3-8H2,1-2H3. The van der Waals surface area contributed by atoms with E-state index >= 15 is 0 Å². The molecule has 0 bridgehead atoms. The molecule has 0 spiro atoms. The van der Waals surface area contributed by atoms with Crippen molar-refractivity contribution in [3.63, 3.8) is 0 Å². The fourth-order valence-corrected chi connectivity index (χ4v) is 3.07. The van der Waals surface area contributed by atoms with Gasteiger partial charge in [0.1, 0.15) is 0 Å². The van der Waals surface area contributed by atoms with Gasteiger partial charge in [-0.2, -0.15) is 0 Å². The summed E-state index contributed by atoms with van der Waals surface area (Å²) in [5.41, 5.74) is 0.0620. The molecule has 0 aliphatic heterocycles. The van der Waals surface area contributed by atoms with Gasteiger partial charge in [-0.1, -0.05) is 13.8 Å². The summed E-state index contributed by atoms with van der Waals surface area (Å²) in [4.78, 5) is 0. The van der Waals surface area contributed by atoms with Crippen molar-refractivity contribution in [3.05, 3.63) is 0 Å². The minimum Gasteiger partial charge on any atom is -0.215 e. The summed E-state index contributed by atoms with van der Waals surface area (Å²) in [6.07, 6.45) is 2.80. The molecule has 15 heavy (non-hydrogen) atoms. The van der Waals surface area contributed by atoms with Gasteiger partial charge in [0.15, 0.2) is 0 Å². The van der Waals surface area contributed by atoms with Crippen molar-refractivity contribution in [2.24, 2.45) is 11.3 Å². The van der Waals surface area contributed by atoms with Crippen LogP contribution in [0.4, 0.5) is 0 Å². The third-order valence-corrected chi connectivity index (χ3v) is 4.80. The van der Waals surface area contributed by atoms with E-state index in [9.17, 15) is 8.42 Å². The lowest BCUT2D eigenvalue weighted by atomic mass is 10.1. The molecule has 0 aromatic rings. The van der Waals surface area contributed by atoms with E-state index < -0.39 is 10.0 Å². The van der Waals surface area contributed by atoms with Crippen LogP contribution < -0.4 is 4.72 Å². The zero-order valence-electron chi connectivity index (χ0n) is 9.42. The number of hydrogen-bond donors (Lipinski definition) is 1. The summed E-state index contributed by atoms with van der Waals surface area (Å²) in [6, 6.07) is 0. The Morgan fingerprint density at radius 2 is 2.00 bits per heavy atom. The maximum absolute atomic E-state index is 11.6. The van der Waals surface area contributed by atoms with Crippen LogP contribution in [0.5, 0.6) is 0 Å². The quantitative estimate of drug-likeness (QED) is 0.706. The van der Waals surface area contributed by atoms with Crippen LogP contribution in [0.3, 0.4) is 0 Å². The van der Waals surface area contributed by atoms with Gasteiger partial charge in [0.05, 0.1) is 5.75 Å². The van der Waals surface area contributed by atoms with Gasteiger partial charge >= 0.3 is 0 Å². The number of sulfonamides is 1. The molecule has 3 nitrogen and oxygen atoms in total. The van der Waals surface area contributed by atoms with E-state index in [1.807, 2.05) is 13.8 Å². The Balaban J connectivity index is 2.30. The van der Waals surface area contributed by atoms with Gasteiger partial charge in [-0.15, -0.1) is 11.6 Å². The van der Waals surface area contributed by atoms with Crippen LogP contribution in [0, 0.1) is 11.3 Å². The van der Waals surface area contributed by atoms with Gasteiger partial charge in [-0.05, 0) is 30.6 Å². The van der Waals surface area contributed by atoms with Gasteiger partial charge in [0.2, 0.25) is 10.0 Å². The van der Waals surface area contributed by atoms with Crippen LogP contribution in [-0.2, 0) is 10.0 Å². The predicted molar refractivity (Wildman–Crippen MR) is 63.6 cm³/mol. The topological polar surface area (TPSA) is 46.2 Å². The third-order valence-electron chi connectivity index (χ3n) is 2.87. The minimum absolute atomic E-state index is 0.0620. The van der Waals surface area contributed by atoms with Crippen molar-refractivity contribution in [1.82, 2.24) is 4.72 Å². The van der Waals surface area contributed by atoms with E-state index in [0.29, 0.717) is 24.8 Å². The van der Waals surface area contributed by atoms with Crippen LogP contribution in [0.1, 0.15) is 33.1 Å². The van der Waals surface area contributed by atoms with E-state index in [0.717, 1.165) is 12.8 Å². The largest absolute Gasteiger partial charge is 0.215 e. The second-order valence-electron chi connectivity index (χ2n) is 4.96. The highest BCUT2D eigenvalue weighted by Gasteiger charge is 2.42. The average Bonchev–Trinajstić information content (AvgIpc) is 2.93. The van der Waals surface area contributed by atoms with Crippen LogP contribution in [-0.4, -0.2) is 26.6 Å². The lowest BCUT2D eigenvalue weighted by Gasteiger charge is -2.13. The van der Waals surface area contributed by atoms with Gasteiger partial charge in [0.25, 0.3) is 0 Å². The van der Waals surface area contributed by atoms with Crippen LogP contribution in [0.15, 0.2) is 0 Å². The number of alkyl halides is 1. The molecule has 0 heterocycles. The average molecular weight is 254 g/mol. The van der Waals surface area contributed by atoms with Crippen molar-refractivity contribution in [1.29, 1.82) is 0 Å². The molecule has 1 fully saturated rings. The van der Waals surface area contributed by atoms with E-state index in [1.54, 1.807) is 0 Å². The Morgan fingerprint density at radius 1 is 1.40 bits per heavy atom. The molecule has 1 aliphatic carbocycles. The zero-order chi connectivity index (χ0) is 11.5. The van der Waals surface area contributed by atoms with Gasteiger partial charge in [-0.3, -0.25) is 0 Å². The molecule has 1 N–H and O–H groups in total. The number of halogens is 1. The summed E-state index contributed by atoms with van der Waals surface area (Å²) in [5, 5.41) is 0. The molecular weight excluding hydrogens is 234 g/mol. The van der Waals surface area contributed by atoms with E-state index in [4.69, 9.17) is 11.6 Å². The SMILES string of the molecule is CC(C)CCS(=O)(=O)NCC1(CCl)CC1. The highest BCUT2D eigenvalue weighted by molar-refractivity contribution is 7.89. The molecule has 90 valence electrons. The first-order valence-electron chi connectivity index (χ1n) is 5.42. The fourth-order valence-electron chi connectivity index (χ4n) is 1.26. The van der Waals surface area contributed by atoms with Gasteiger partial charge < -0.3 is 0 Å². The van der Waals surface area contributed by atoms with Gasteiger partial charge in [-0.25, -0.2) is 13.1 Å². The van der Waals surface area contributed by atoms with Crippen LogP contribution >= 0.6 is 11.6 Å². The first kappa shape index (κ1) is 13.3. The Bertz CT molecular complexity index is 297. The summed E-state index contributed by atoms with van der Waals surface area (Å²) >= 11 is 5.78. The van der Waals surface area contributed by atoms with Crippen molar-refractivity contribution in [3.8, 4) is 0 Å². The molecule has 0 saturated heterocycles. The smallest absolute Gasteiger partial charge is 0.211 e. The Labute approximate surface area is 97.6 Å². The Morgan fingerprint density at radius 3 is 2.40 bits per heavy atom. The van der Waals surface area contributed by atoms with E-state index in [2.05, 4.69) is 4.72 Å². The Kier molecular flexibility index (Phi) is 4.44. The predicted octanol–water partition coefficient (Wildman–Crippen LogP) is 1.97. The Hall–Kier alpha value is 0.200. The molecule has 1 rings (SSSR count). The zero-order valence-corrected chi connectivity index (χ0v) is 11.0. The second-order valence-corrected chi connectivity index (χ2v) is 7.15. The summed E-state index contributed by atoms with van der Waals surface area (Å²) in [7, 11) is -3.09. The molecule has 0 unspecified atom stereocenters. The van der Waals surface area contributed by atoms with Gasteiger partial charge in [0, 0.05) is 12.4 Å². The van der Waals surface area contributed by atoms with Crippen molar-refractivity contribution in [2.45, 2.75) is 33.1 Å². The minimum atomic E-state index is -3.09.